The Morgan fingerprint density at radius 1 is 1.14 bits per heavy atom. The van der Waals surface area contributed by atoms with Crippen LogP contribution in [0, 0.1) is 12.3 Å². The van der Waals surface area contributed by atoms with Crippen LogP contribution in [-0.2, 0) is 11.4 Å². The van der Waals surface area contributed by atoms with Crippen LogP contribution in [0.25, 0.3) is 0 Å². The Hall–Kier alpha value is -2.36. The van der Waals surface area contributed by atoms with E-state index in [2.05, 4.69) is 10.3 Å². The molecule has 116 valence electrons. The molecule has 0 unspecified atom stereocenters. The molecule has 1 aromatic heterocycles. The number of carbonyl (C=O) groups excluding carboxylic acids is 1. The summed E-state index contributed by atoms with van der Waals surface area (Å²) in [6, 6.07) is 13.4. The van der Waals surface area contributed by atoms with Gasteiger partial charge in [-0.2, -0.15) is 0 Å². The van der Waals surface area contributed by atoms with Crippen molar-refractivity contribution in [2.75, 3.05) is 5.32 Å². The molecule has 0 fully saturated rings. The fourth-order valence-electron chi connectivity index (χ4n) is 1.73. The van der Waals surface area contributed by atoms with Crippen molar-refractivity contribution in [2.24, 2.45) is 5.41 Å². The molecule has 1 amide bonds. The van der Waals surface area contributed by atoms with Gasteiger partial charge < -0.3 is 10.1 Å². The van der Waals surface area contributed by atoms with Crippen LogP contribution >= 0.6 is 0 Å². The van der Waals surface area contributed by atoms with Gasteiger partial charge in [0.2, 0.25) is 5.91 Å². The molecule has 0 aliphatic rings. The van der Waals surface area contributed by atoms with Crippen molar-refractivity contribution in [1.29, 1.82) is 0 Å². The number of nitrogens with zero attached hydrogens (tertiary/aromatic N) is 1. The Bertz CT molecular complexity index is 643. The number of anilines is 1. The standard InChI is InChI=1S/C18H22N2O2/c1-13-8-10-15(11-9-13)22-12-14-6-5-7-16(19-14)20-17(21)18(2,3)4/h5-11H,12H2,1-4H3,(H,19,20,21). The third kappa shape index (κ3) is 4.58. The summed E-state index contributed by atoms with van der Waals surface area (Å²) in [6.45, 7) is 8.00. The summed E-state index contributed by atoms with van der Waals surface area (Å²) in [7, 11) is 0. The zero-order valence-corrected chi connectivity index (χ0v) is 13.5. The summed E-state index contributed by atoms with van der Waals surface area (Å²) in [4.78, 5) is 16.4. The second-order valence-corrected chi connectivity index (χ2v) is 6.32. The lowest BCUT2D eigenvalue weighted by Crippen LogP contribution is -2.28. The van der Waals surface area contributed by atoms with E-state index < -0.39 is 5.41 Å². The molecular weight excluding hydrogens is 276 g/mol. The fraction of sp³-hybridized carbons (Fsp3) is 0.333. The number of ether oxygens (including phenoxy) is 1. The molecule has 0 saturated heterocycles. The van der Waals surface area contributed by atoms with Crippen molar-refractivity contribution < 1.29 is 9.53 Å². The van der Waals surface area contributed by atoms with Gasteiger partial charge in [0.1, 0.15) is 18.2 Å². The maximum absolute atomic E-state index is 12.0. The summed E-state index contributed by atoms with van der Waals surface area (Å²) < 4.78 is 5.70. The van der Waals surface area contributed by atoms with Crippen LogP contribution in [0.2, 0.25) is 0 Å². The van der Waals surface area contributed by atoms with E-state index in [1.165, 1.54) is 5.56 Å². The monoisotopic (exact) mass is 298 g/mol. The molecule has 0 spiro atoms. The molecule has 1 heterocycles. The van der Waals surface area contributed by atoms with Gasteiger partial charge >= 0.3 is 0 Å². The maximum Gasteiger partial charge on any atom is 0.230 e. The summed E-state index contributed by atoms with van der Waals surface area (Å²) in [5, 5.41) is 2.82. The van der Waals surface area contributed by atoms with E-state index in [1.54, 1.807) is 6.07 Å². The maximum atomic E-state index is 12.0. The zero-order chi connectivity index (χ0) is 16.2. The number of rotatable bonds is 4. The molecule has 0 atom stereocenters. The van der Waals surface area contributed by atoms with Gasteiger partial charge in [-0.25, -0.2) is 4.98 Å². The number of nitrogens with one attached hydrogen (secondary N) is 1. The van der Waals surface area contributed by atoms with E-state index in [4.69, 9.17) is 4.74 Å². The number of hydrogen-bond acceptors (Lipinski definition) is 3. The van der Waals surface area contributed by atoms with Crippen LogP contribution in [0.4, 0.5) is 5.82 Å². The Morgan fingerprint density at radius 3 is 2.45 bits per heavy atom. The van der Waals surface area contributed by atoms with Crippen molar-refractivity contribution in [3.63, 3.8) is 0 Å². The van der Waals surface area contributed by atoms with Crippen molar-refractivity contribution in [3.05, 3.63) is 53.7 Å². The van der Waals surface area contributed by atoms with Crippen molar-refractivity contribution in [3.8, 4) is 5.75 Å². The highest BCUT2D eigenvalue weighted by molar-refractivity contribution is 5.93. The molecule has 22 heavy (non-hydrogen) atoms. The predicted octanol–water partition coefficient (Wildman–Crippen LogP) is 3.95. The van der Waals surface area contributed by atoms with Gasteiger partial charge in [0.25, 0.3) is 0 Å². The average molecular weight is 298 g/mol. The lowest BCUT2D eigenvalue weighted by molar-refractivity contribution is -0.123. The minimum Gasteiger partial charge on any atom is -0.487 e. The molecule has 2 rings (SSSR count). The largest absolute Gasteiger partial charge is 0.487 e. The first kappa shape index (κ1) is 16.0. The topological polar surface area (TPSA) is 51.2 Å². The summed E-state index contributed by atoms with van der Waals surface area (Å²) in [5.74, 6) is 1.29. The fourth-order valence-corrected chi connectivity index (χ4v) is 1.73. The molecule has 0 aliphatic carbocycles. The number of pyridine rings is 1. The molecule has 1 N–H and O–H groups in total. The van der Waals surface area contributed by atoms with E-state index in [0.29, 0.717) is 12.4 Å². The Labute approximate surface area is 131 Å². The van der Waals surface area contributed by atoms with Gasteiger partial charge in [-0.3, -0.25) is 4.79 Å². The van der Waals surface area contributed by atoms with E-state index in [0.717, 1.165) is 11.4 Å². The van der Waals surface area contributed by atoms with Gasteiger partial charge in [-0.1, -0.05) is 44.5 Å². The first-order valence-electron chi connectivity index (χ1n) is 7.31. The van der Waals surface area contributed by atoms with Crippen LogP contribution in [0.15, 0.2) is 42.5 Å². The van der Waals surface area contributed by atoms with Crippen LogP contribution < -0.4 is 10.1 Å². The Morgan fingerprint density at radius 2 is 1.82 bits per heavy atom. The van der Waals surface area contributed by atoms with Crippen LogP contribution in [0.5, 0.6) is 5.75 Å². The number of carbonyl (C=O) groups is 1. The first-order valence-corrected chi connectivity index (χ1v) is 7.31. The third-order valence-electron chi connectivity index (χ3n) is 3.14. The lowest BCUT2D eigenvalue weighted by Gasteiger charge is -2.17. The number of amides is 1. The first-order chi connectivity index (χ1) is 10.3. The SMILES string of the molecule is Cc1ccc(OCc2cccc(NC(=O)C(C)(C)C)n2)cc1. The normalized spacial score (nSPS) is 11.1. The zero-order valence-electron chi connectivity index (χ0n) is 13.5. The molecule has 0 saturated carbocycles. The Kier molecular flexibility index (Phi) is 4.81. The highest BCUT2D eigenvalue weighted by atomic mass is 16.5. The van der Waals surface area contributed by atoms with Crippen molar-refractivity contribution in [2.45, 2.75) is 34.3 Å². The summed E-state index contributed by atoms with van der Waals surface area (Å²) in [6.07, 6.45) is 0. The molecule has 0 bridgehead atoms. The molecular formula is C18H22N2O2. The van der Waals surface area contributed by atoms with E-state index >= 15 is 0 Å². The number of aryl methyl sites for hydroxylation is 1. The smallest absolute Gasteiger partial charge is 0.230 e. The highest BCUT2D eigenvalue weighted by Crippen LogP contribution is 2.17. The summed E-state index contributed by atoms with van der Waals surface area (Å²) in [5.41, 5.74) is 1.51. The number of hydrogen-bond donors (Lipinski definition) is 1. The molecule has 0 aliphatic heterocycles. The number of aromatic nitrogens is 1. The van der Waals surface area contributed by atoms with E-state index in [1.807, 2.05) is 64.1 Å². The molecule has 0 radical (unpaired) electrons. The predicted molar refractivity (Wildman–Crippen MR) is 87.8 cm³/mol. The van der Waals surface area contributed by atoms with Gasteiger partial charge in [0, 0.05) is 5.41 Å². The number of benzene rings is 1. The quantitative estimate of drug-likeness (QED) is 0.929. The van der Waals surface area contributed by atoms with E-state index in [-0.39, 0.29) is 5.91 Å². The highest BCUT2D eigenvalue weighted by Gasteiger charge is 2.21. The molecule has 4 heteroatoms. The average Bonchev–Trinajstić information content (AvgIpc) is 2.46. The van der Waals surface area contributed by atoms with Gasteiger partial charge in [0.15, 0.2) is 0 Å². The van der Waals surface area contributed by atoms with Gasteiger partial charge in [0.05, 0.1) is 5.69 Å². The van der Waals surface area contributed by atoms with Crippen LogP contribution in [0.3, 0.4) is 0 Å². The van der Waals surface area contributed by atoms with Crippen LogP contribution in [0.1, 0.15) is 32.0 Å². The Balaban J connectivity index is 1.99. The second kappa shape index (κ2) is 6.60. The van der Waals surface area contributed by atoms with Gasteiger partial charge in [-0.15, -0.1) is 0 Å². The minimum atomic E-state index is -0.448. The van der Waals surface area contributed by atoms with E-state index in [9.17, 15) is 4.79 Å². The second-order valence-electron chi connectivity index (χ2n) is 6.32. The van der Waals surface area contributed by atoms with Crippen molar-refractivity contribution >= 4 is 11.7 Å². The molecule has 2 aromatic rings. The lowest BCUT2D eigenvalue weighted by atomic mass is 9.96. The van der Waals surface area contributed by atoms with Crippen LogP contribution in [-0.4, -0.2) is 10.9 Å². The minimum absolute atomic E-state index is 0.0587. The summed E-state index contributed by atoms with van der Waals surface area (Å²) >= 11 is 0. The third-order valence-corrected chi connectivity index (χ3v) is 3.14. The van der Waals surface area contributed by atoms with Crippen molar-refractivity contribution in [1.82, 2.24) is 4.98 Å². The van der Waals surface area contributed by atoms with Gasteiger partial charge in [-0.05, 0) is 31.2 Å². The molecule has 1 aromatic carbocycles. The molecule has 4 nitrogen and oxygen atoms in total.